The Kier molecular flexibility index (Phi) is 8.95. The smallest absolute Gasteiger partial charge is 0.475 e. The number of pyridine rings is 1. The zero-order valence-electron chi connectivity index (χ0n) is 25.3. The highest BCUT2D eigenvalue weighted by atomic mass is 19.1. The standard InChI is InChI=1S/C32H40BFN4O6/c1-3-5-15-42-32(40)23-19-38(20-9-10-20)25-17-26(24(34)16-22(25)31(23)39)36-11-13-37(14-12-36)29(4-2)43-27-8-6-7-21-28(18-35)44-33(41)30(21)27/h6-8,16-17,19-20,28-29,41H,3-5,9-15,18,35H2,1-2H3/t28-,29?/m1/s1. The highest BCUT2D eigenvalue weighted by molar-refractivity contribution is 6.62. The molecule has 1 aromatic heterocycles. The SMILES string of the molecule is CCCCOC(=O)c1cn(C2CC2)c2cc(N3CCN(C(CC)Oc4cccc5c4B(O)O[C@@H]5CN)CC3)c(F)cc2c1=O. The van der Waals surface area contributed by atoms with Crippen molar-refractivity contribution in [3.8, 4) is 5.75 Å². The van der Waals surface area contributed by atoms with Crippen LogP contribution in [0.15, 0.2) is 41.3 Å². The number of nitrogens with zero attached hydrogens (tertiary/aromatic N) is 3. The maximum atomic E-state index is 15.7. The normalized spacial score (nSPS) is 19.3. The molecule has 6 rings (SSSR count). The number of unbranched alkanes of at least 4 members (excludes halogenated alkanes) is 1. The highest BCUT2D eigenvalue weighted by Gasteiger charge is 2.38. The number of anilines is 1. The quantitative estimate of drug-likeness (QED) is 0.193. The summed E-state index contributed by atoms with van der Waals surface area (Å²) in [4.78, 5) is 30.3. The Bertz CT molecular complexity index is 1590. The third kappa shape index (κ3) is 5.83. The summed E-state index contributed by atoms with van der Waals surface area (Å²) in [5, 5.41) is 10.7. The van der Waals surface area contributed by atoms with Crippen molar-refractivity contribution in [3.05, 3.63) is 63.7 Å². The Morgan fingerprint density at radius 2 is 1.98 bits per heavy atom. The highest BCUT2D eigenvalue weighted by Crippen LogP contribution is 2.38. The van der Waals surface area contributed by atoms with E-state index in [1.807, 2.05) is 41.5 Å². The second-order valence-electron chi connectivity index (χ2n) is 11.8. The van der Waals surface area contributed by atoms with E-state index in [-0.39, 0.29) is 42.5 Å². The molecule has 10 nitrogen and oxygen atoms in total. The molecule has 1 unspecified atom stereocenters. The number of carbonyl (C=O) groups excluding carboxylic acids is 1. The maximum Gasteiger partial charge on any atom is 0.495 e. The van der Waals surface area contributed by atoms with Crippen molar-refractivity contribution in [2.75, 3.05) is 44.2 Å². The molecule has 0 spiro atoms. The molecule has 234 valence electrons. The second-order valence-corrected chi connectivity index (χ2v) is 11.8. The molecule has 44 heavy (non-hydrogen) atoms. The summed E-state index contributed by atoms with van der Waals surface area (Å²) in [5.41, 5.74) is 7.81. The Hall–Kier alpha value is -3.45. The summed E-state index contributed by atoms with van der Waals surface area (Å²) in [7, 11) is -1.09. The molecule has 1 saturated heterocycles. The Labute approximate surface area is 256 Å². The first-order chi connectivity index (χ1) is 21.3. The van der Waals surface area contributed by atoms with Gasteiger partial charge >= 0.3 is 13.1 Å². The molecule has 3 N–H and O–H groups in total. The van der Waals surface area contributed by atoms with Crippen LogP contribution in [0.3, 0.4) is 0 Å². The molecule has 1 aliphatic carbocycles. The number of benzene rings is 2. The van der Waals surface area contributed by atoms with Crippen LogP contribution in [0, 0.1) is 5.82 Å². The summed E-state index contributed by atoms with van der Waals surface area (Å²) < 4.78 is 35.0. The first kappa shape index (κ1) is 30.6. The molecular formula is C32H40BFN4O6. The Balaban J connectivity index is 1.20. The predicted octanol–water partition coefficient (Wildman–Crippen LogP) is 3.09. The Morgan fingerprint density at radius 1 is 1.20 bits per heavy atom. The predicted molar refractivity (Wildman–Crippen MR) is 167 cm³/mol. The van der Waals surface area contributed by atoms with Crippen molar-refractivity contribution in [3.63, 3.8) is 0 Å². The summed E-state index contributed by atoms with van der Waals surface area (Å²) in [5.74, 6) is -0.573. The molecule has 0 amide bonds. The van der Waals surface area contributed by atoms with E-state index in [2.05, 4.69) is 4.90 Å². The van der Waals surface area contributed by atoms with E-state index < -0.39 is 24.3 Å². The van der Waals surface area contributed by atoms with Crippen LogP contribution in [0.1, 0.15) is 74.0 Å². The molecule has 0 radical (unpaired) electrons. The molecule has 1 saturated carbocycles. The average Bonchev–Trinajstić information content (AvgIpc) is 3.82. The fraction of sp³-hybridized carbons (Fsp3) is 0.500. The molecule has 3 aromatic rings. The molecule has 12 heteroatoms. The Morgan fingerprint density at radius 3 is 2.66 bits per heavy atom. The van der Waals surface area contributed by atoms with Crippen molar-refractivity contribution in [1.29, 1.82) is 0 Å². The lowest BCUT2D eigenvalue weighted by molar-refractivity contribution is 0.0191. The van der Waals surface area contributed by atoms with Crippen LogP contribution in [0.4, 0.5) is 10.1 Å². The molecule has 2 aromatic carbocycles. The number of carbonyl (C=O) groups is 1. The third-order valence-electron chi connectivity index (χ3n) is 8.87. The van der Waals surface area contributed by atoms with Crippen LogP contribution in [0.25, 0.3) is 10.9 Å². The van der Waals surface area contributed by atoms with Crippen LogP contribution < -0.4 is 26.3 Å². The van der Waals surface area contributed by atoms with Crippen molar-refractivity contribution < 1.29 is 28.3 Å². The lowest BCUT2D eigenvalue weighted by Crippen LogP contribution is -2.52. The summed E-state index contributed by atoms with van der Waals surface area (Å²) in [6, 6.07) is 8.81. The van der Waals surface area contributed by atoms with Crippen LogP contribution in [-0.4, -0.2) is 73.1 Å². The van der Waals surface area contributed by atoms with Crippen LogP contribution >= 0.6 is 0 Å². The summed E-state index contributed by atoms with van der Waals surface area (Å²) >= 11 is 0. The van der Waals surface area contributed by atoms with Gasteiger partial charge in [0.2, 0.25) is 5.43 Å². The topological polar surface area (TPSA) is 119 Å². The third-order valence-corrected chi connectivity index (χ3v) is 8.87. The number of halogens is 1. The number of hydrogen-bond acceptors (Lipinski definition) is 9. The molecular weight excluding hydrogens is 566 g/mol. The monoisotopic (exact) mass is 606 g/mol. The van der Waals surface area contributed by atoms with Gasteiger partial charge in [-0.05, 0) is 49.4 Å². The number of fused-ring (bicyclic) bond motifs is 2. The first-order valence-corrected chi connectivity index (χ1v) is 15.7. The summed E-state index contributed by atoms with van der Waals surface area (Å²) in [6.07, 6.45) is 5.15. The van der Waals surface area contributed by atoms with Gasteiger partial charge < -0.3 is 34.4 Å². The van der Waals surface area contributed by atoms with E-state index in [9.17, 15) is 14.6 Å². The zero-order chi connectivity index (χ0) is 31.0. The van der Waals surface area contributed by atoms with E-state index in [0.29, 0.717) is 61.4 Å². The van der Waals surface area contributed by atoms with Gasteiger partial charge in [-0.2, -0.15) is 0 Å². The molecule has 2 atom stereocenters. The number of esters is 1. The number of piperazine rings is 1. The molecule has 0 bridgehead atoms. The van der Waals surface area contributed by atoms with Crippen LogP contribution in [-0.2, 0) is 9.39 Å². The van der Waals surface area contributed by atoms with E-state index in [1.54, 1.807) is 12.3 Å². The minimum absolute atomic E-state index is 0.0476. The minimum atomic E-state index is -1.09. The van der Waals surface area contributed by atoms with E-state index >= 15 is 4.39 Å². The van der Waals surface area contributed by atoms with Gasteiger partial charge in [0.1, 0.15) is 17.1 Å². The zero-order valence-corrected chi connectivity index (χ0v) is 25.3. The van der Waals surface area contributed by atoms with Crippen molar-refractivity contribution in [1.82, 2.24) is 9.47 Å². The molecule has 3 heterocycles. The summed E-state index contributed by atoms with van der Waals surface area (Å²) in [6.45, 7) is 6.94. The number of aromatic nitrogens is 1. The van der Waals surface area contributed by atoms with Crippen molar-refractivity contribution >= 4 is 35.1 Å². The van der Waals surface area contributed by atoms with Gasteiger partial charge in [-0.3, -0.25) is 9.69 Å². The number of rotatable bonds is 11. The molecule has 2 aliphatic heterocycles. The average molecular weight is 607 g/mol. The van der Waals surface area contributed by atoms with Gasteiger partial charge in [0.15, 0.2) is 6.23 Å². The molecule has 3 aliphatic rings. The largest absolute Gasteiger partial charge is 0.495 e. The minimum Gasteiger partial charge on any atom is -0.475 e. The van der Waals surface area contributed by atoms with Gasteiger partial charge in [0.05, 0.1) is 23.9 Å². The number of ether oxygens (including phenoxy) is 2. The second kappa shape index (κ2) is 12.9. The van der Waals surface area contributed by atoms with E-state index in [0.717, 1.165) is 24.8 Å². The van der Waals surface area contributed by atoms with E-state index in [1.165, 1.54) is 6.07 Å². The van der Waals surface area contributed by atoms with Gasteiger partial charge in [0, 0.05) is 55.8 Å². The first-order valence-electron chi connectivity index (χ1n) is 15.7. The van der Waals surface area contributed by atoms with Crippen molar-refractivity contribution in [2.24, 2.45) is 5.73 Å². The van der Waals surface area contributed by atoms with Gasteiger partial charge in [-0.1, -0.05) is 32.4 Å². The van der Waals surface area contributed by atoms with Gasteiger partial charge in [-0.15, -0.1) is 0 Å². The maximum absolute atomic E-state index is 15.7. The lowest BCUT2D eigenvalue weighted by atomic mass is 9.78. The van der Waals surface area contributed by atoms with Crippen molar-refractivity contribution in [2.45, 2.75) is 64.3 Å². The van der Waals surface area contributed by atoms with Gasteiger partial charge in [-0.25, -0.2) is 9.18 Å². The lowest BCUT2D eigenvalue weighted by Gasteiger charge is -2.40. The number of nitrogens with two attached hydrogens (primary N) is 1. The fourth-order valence-corrected chi connectivity index (χ4v) is 6.29. The van der Waals surface area contributed by atoms with Crippen LogP contribution in [0.5, 0.6) is 5.75 Å². The number of hydrogen-bond donors (Lipinski definition) is 2. The van der Waals surface area contributed by atoms with Crippen LogP contribution in [0.2, 0.25) is 0 Å². The van der Waals surface area contributed by atoms with Gasteiger partial charge in [0.25, 0.3) is 0 Å². The fourth-order valence-electron chi connectivity index (χ4n) is 6.29. The molecule has 2 fully saturated rings. The van der Waals surface area contributed by atoms with E-state index in [4.69, 9.17) is 19.9 Å².